The van der Waals surface area contributed by atoms with Crippen LogP contribution >= 0.6 is 0 Å². The summed E-state index contributed by atoms with van der Waals surface area (Å²) in [5.41, 5.74) is 0.892. The zero-order valence-corrected chi connectivity index (χ0v) is 23.5. The molecule has 0 radical (unpaired) electrons. The summed E-state index contributed by atoms with van der Waals surface area (Å²) in [6, 6.07) is 15.1. The number of Topliss-reactive ketones (excluding diaryl/α,β-unsaturated/α-hetero) is 1. The van der Waals surface area contributed by atoms with E-state index >= 15 is 0 Å². The first kappa shape index (κ1) is 32.9. The molecule has 13 heteroatoms. The van der Waals surface area contributed by atoms with Crippen LogP contribution in [0.4, 0.5) is 10.5 Å². The molecule has 2 aliphatic rings. The van der Waals surface area contributed by atoms with Crippen LogP contribution in [0, 0.1) is 0 Å². The van der Waals surface area contributed by atoms with E-state index in [2.05, 4.69) is 11.4 Å². The van der Waals surface area contributed by atoms with E-state index in [1.54, 1.807) is 4.90 Å². The molecule has 2 heterocycles. The van der Waals surface area contributed by atoms with Gasteiger partial charge in [0.1, 0.15) is 0 Å². The van der Waals surface area contributed by atoms with Crippen molar-refractivity contribution in [1.82, 2.24) is 10.2 Å². The number of carboxylic acids is 3. The summed E-state index contributed by atoms with van der Waals surface area (Å²) >= 11 is 0. The van der Waals surface area contributed by atoms with Crippen molar-refractivity contribution in [1.29, 1.82) is 0 Å². The number of hydrogen-bond donors (Lipinski definition) is 5. The van der Waals surface area contributed by atoms with Crippen molar-refractivity contribution in [2.24, 2.45) is 0 Å². The van der Waals surface area contributed by atoms with Gasteiger partial charge in [-0.1, -0.05) is 42.5 Å². The Kier molecular flexibility index (Phi) is 11.5. The quantitative estimate of drug-likeness (QED) is 0.251. The molecule has 4 rings (SSSR count). The molecule has 2 aliphatic heterocycles. The summed E-state index contributed by atoms with van der Waals surface area (Å²) in [4.78, 5) is 71.4. The summed E-state index contributed by atoms with van der Waals surface area (Å²) in [5.74, 6) is -4.99. The number of nitrogens with zero attached hydrogens (tertiary/aromatic N) is 2. The number of aliphatic hydroxyl groups is 1. The number of rotatable bonds is 10. The summed E-state index contributed by atoms with van der Waals surface area (Å²) in [6.07, 6.45) is 0.786. The van der Waals surface area contributed by atoms with Crippen LogP contribution in [0.3, 0.4) is 0 Å². The maximum atomic E-state index is 13.0. The van der Waals surface area contributed by atoms with Crippen LogP contribution in [0.5, 0.6) is 0 Å². The number of benzene rings is 2. The van der Waals surface area contributed by atoms with Gasteiger partial charge in [-0.25, -0.2) is 14.5 Å². The lowest BCUT2D eigenvalue weighted by Crippen LogP contribution is -2.54. The second-order valence-corrected chi connectivity index (χ2v) is 10.3. The fourth-order valence-corrected chi connectivity index (χ4v) is 4.84. The molecule has 0 aromatic heterocycles. The maximum Gasteiger partial charge on any atom is 0.336 e. The Balaban J connectivity index is 0.000000331. The third-order valence-electron chi connectivity index (χ3n) is 7.07. The molecular formula is C30H35N3O10. The highest BCUT2D eigenvalue weighted by molar-refractivity contribution is 6.15. The fraction of sp³-hybridized carbons (Fsp3) is 0.400. The van der Waals surface area contributed by atoms with E-state index in [9.17, 15) is 28.8 Å². The van der Waals surface area contributed by atoms with E-state index in [-0.39, 0.29) is 17.7 Å². The SMILES string of the molecule is O=C(CCCc1ccc2c(c1)CCC(=O)N2C(=O)N1CCNCC1)c1ccccc1.O=C(O)CC(O)(CC(=O)O)C(=O)O. The number of anilines is 1. The summed E-state index contributed by atoms with van der Waals surface area (Å²) in [7, 11) is 0. The topological polar surface area (TPSA) is 202 Å². The van der Waals surface area contributed by atoms with E-state index in [0.29, 0.717) is 38.0 Å². The number of hydrogen-bond acceptors (Lipinski definition) is 8. The number of carbonyl (C=O) groups is 6. The number of fused-ring (bicyclic) bond motifs is 1. The second kappa shape index (κ2) is 15.0. The molecule has 0 bridgehead atoms. The van der Waals surface area contributed by atoms with E-state index in [1.165, 1.54) is 4.90 Å². The summed E-state index contributed by atoms with van der Waals surface area (Å²) in [6.45, 7) is 2.74. The Morgan fingerprint density at radius 3 is 2.07 bits per heavy atom. The van der Waals surface area contributed by atoms with Crippen molar-refractivity contribution >= 4 is 41.3 Å². The van der Waals surface area contributed by atoms with Gasteiger partial charge in [0.15, 0.2) is 11.4 Å². The van der Waals surface area contributed by atoms with Crippen LogP contribution in [0.1, 0.15) is 53.6 Å². The highest BCUT2D eigenvalue weighted by atomic mass is 16.4. The van der Waals surface area contributed by atoms with Gasteiger partial charge in [0.05, 0.1) is 18.5 Å². The molecule has 0 unspecified atom stereocenters. The number of amides is 3. The fourth-order valence-electron chi connectivity index (χ4n) is 4.84. The number of aliphatic carboxylic acids is 3. The Morgan fingerprint density at radius 1 is 0.860 bits per heavy atom. The number of nitrogens with one attached hydrogen (secondary N) is 1. The third kappa shape index (κ3) is 9.18. The summed E-state index contributed by atoms with van der Waals surface area (Å²) < 4.78 is 0. The highest BCUT2D eigenvalue weighted by Gasteiger charge is 2.40. The van der Waals surface area contributed by atoms with Crippen LogP contribution in [0.2, 0.25) is 0 Å². The number of carbonyl (C=O) groups excluding carboxylic acids is 3. The van der Waals surface area contributed by atoms with E-state index in [0.717, 1.165) is 42.6 Å². The second-order valence-electron chi connectivity index (χ2n) is 10.3. The predicted octanol–water partition coefficient (Wildman–Crippen LogP) is 1.95. The van der Waals surface area contributed by atoms with Gasteiger partial charge in [-0.3, -0.25) is 19.2 Å². The lowest BCUT2D eigenvalue weighted by Gasteiger charge is -2.35. The lowest BCUT2D eigenvalue weighted by atomic mass is 9.96. The number of piperazine rings is 1. The molecule has 1 fully saturated rings. The van der Waals surface area contributed by atoms with E-state index < -0.39 is 36.4 Å². The molecule has 2 aromatic rings. The van der Waals surface area contributed by atoms with Crippen molar-refractivity contribution in [3.8, 4) is 0 Å². The molecule has 5 N–H and O–H groups in total. The minimum Gasteiger partial charge on any atom is -0.481 e. The first-order valence-electron chi connectivity index (χ1n) is 13.8. The van der Waals surface area contributed by atoms with E-state index in [4.69, 9.17) is 20.4 Å². The number of imide groups is 1. The number of ketones is 1. The minimum atomic E-state index is -2.74. The highest BCUT2D eigenvalue weighted by Crippen LogP contribution is 2.30. The Morgan fingerprint density at radius 2 is 1.49 bits per heavy atom. The molecule has 0 aliphatic carbocycles. The monoisotopic (exact) mass is 597 g/mol. The van der Waals surface area contributed by atoms with Crippen molar-refractivity contribution in [3.63, 3.8) is 0 Å². The Hall–Kier alpha value is -4.62. The average molecular weight is 598 g/mol. The van der Waals surface area contributed by atoms with Crippen LogP contribution in [0.25, 0.3) is 0 Å². The van der Waals surface area contributed by atoms with Crippen LogP contribution in [-0.4, -0.2) is 92.7 Å². The molecule has 2 aromatic carbocycles. The van der Waals surface area contributed by atoms with Gasteiger partial charge >= 0.3 is 23.9 Å². The summed E-state index contributed by atoms with van der Waals surface area (Å²) in [5, 5.41) is 37.0. The van der Waals surface area contributed by atoms with Crippen molar-refractivity contribution in [2.75, 3.05) is 31.1 Å². The van der Waals surface area contributed by atoms with Crippen LogP contribution in [-0.2, 0) is 32.0 Å². The van der Waals surface area contributed by atoms with Crippen molar-refractivity contribution < 1.29 is 49.2 Å². The zero-order chi connectivity index (χ0) is 31.6. The maximum absolute atomic E-state index is 13.0. The van der Waals surface area contributed by atoms with Crippen LogP contribution in [0.15, 0.2) is 48.5 Å². The molecule has 0 saturated carbocycles. The standard InChI is InChI=1S/C24H27N3O3.C6H8O7/c28-22(19-6-2-1-3-7-19)8-4-5-18-9-11-21-20(17-18)10-12-23(29)27(21)24(30)26-15-13-25-14-16-26;7-3(8)1-6(13,5(11)12)2-4(9)10/h1-3,6-7,9,11,17,25H,4-5,8,10,12-16H2;13H,1-2H2,(H,7,8)(H,9,10)(H,11,12). The Labute approximate surface area is 247 Å². The molecule has 13 nitrogen and oxygen atoms in total. The molecule has 43 heavy (non-hydrogen) atoms. The van der Waals surface area contributed by atoms with Crippen molar-refractivity contribution in [2.45, 2.75) is 50.5 Å². The van der Waals surface area contributed by atoms with Gasteiger partial charge in [0.25, 0.3) is 0 Å². The van der Waals surface area contributed by atoms with Crippen molar-refractivity contribution in [3.05, 3.63) is 65.2 Å². The van der Waals surface area contributed by atoms with Crippen LogP contribution < -0.4 is 10.2 Å². The van der Waals surface area contributed by atoms with Gasteiger partial charge in [0, 0.05) is 44.6 Å². The molecular weight excluding hydrogens is 562 g/mol. The van der Waals surface area contributed by atoms with Gasteiger partial charge in [-0.15, -0.1) is 0 Å². The van der Waals surface area contributed by atoms with E-state index in [1.807, 2.05) is 42.5 Å². The largest absolute Gasteiger partial charge is 0.481 e. The third-order valence-corrected chi connectivity index (χ3v) is 7.07. The molecule has 1 saturated heterocycles. The average Bonchev–Trinajstić information content (AvgIpc) is 2.97. The molecule has 3 amide bonds. The van der Waals surface area contributed by atoms with Gasteiger partial charge in [-0.2, -0.15) is 0 Å². The molecule has 0 atom stereocenters. The number of aryl methyl sites for hydroxylation is 2. The predicted molar refractivity (Wildman–Crippen MR) is 153 cm³/mol. The normalized spacial score (nSPS) is 14.7. The lowest BCUT2D eigenvalue weighted by molar-refractivity contribution is -0.170. The number of carboxylic acid groups (broad SMARTS) is 3. The van der Waals surface area contributed by atoms with Gasteiger partial charge in [-0.05, 0) is 36.5 Å². The first-order chi connectivity index (χ1) is 20.4. The van der Waals surface area contributed by atoms with Gasteiger partial charge in [0.2, 0.25) is 5.91 Å². The first-order valence-corrected chi connectivity index (χ1v) is 13.8. The Bertz CT molecular complexity index is 1340. The number of urea groups is 1. The van der Waals surface area contributed by atoms with Gasteiger partial charge < -0.3 is 30.6 Å². The molecule has 0 spiro atoms. The molecule has 230 valence electrons. The zero-order valence-electron chi connectivity index (χ0n) is 23.5. The minimum absolute atomic E-state index is 0.132. The smallest absolute Gasteiger partial charge is 0.336 e.